The number of ketones is 2. The molecule has 1 aromatic heterocycles. The number of phenols is 1. The van der Waals surface area contributed by atoms with Gasteiger partial charge in [-0.15, -0.1) is 0 Å². The van der Waals surface area contributed by atoms with Crippen LogP contribution in [-0.4, -0.2) is 77.1 Å². The molecule has 2 aromatic rings. The van der Waals surface area contributed by atoms with Crippen LogP contribution in [0.4, 0.5) is 5.69 Å². The fourth-order valence-electron chi connectivity index (χ4n) is 4.94. The molecule has 4 unspecified atom stereocenters. The number of ether oxygens (including phenoxy) is 1. The molecule has 3 aliphatic rings. The van der Waals surface area contributed by atoms with E-state index in [1.807, 2.05) is 26.0 Å². The van der Waals surface area contributed by atoms with Crippen LogP contribution in [-0.2, 0) is 14.3 Å². The van der Waals surface area contributed by atoms with E-state index >= 15 is 0 Å². The average Bonchev–Trinajstić information content (AvgIpc) is 3.45. The van der Waals surface area contributed by atoms with E-state index in [1.165, 1.54) is 11.0 Å². The number of carbonyl (C=O) groups is 3. The van der Waals surface area contributed by atoms with E-state index < -0.39 is 35.7 Å². The second-order valence-electron chi connectivity index (χ2n) is 9.92. The summed E-state index contributed by atoms with van der Waals surface area (Å²) in [6.45, 7) is 5.42. The second-order valence-corrected chi connectivity index (χ2v) is 9.92. The van der Waals surface area contributed by atoms with Gasteiger partial charge >= 0.3 is 0 Å². The molecule has 4 N–H and O–H groups in total. The predicted octanol–water partition coefficient (Wildman–Crippen LogP) is 1.17. The predicted molar refractivity (Wildman–Crippen MR) is 124 cm³/mol. The van der Waals surface area contributed by atoms with E-state index in [-0.39, 0.29) is 35.0 Å². The van der Waals surface area contributed by atoms with Crippen LogP contribution in [0.1, 0.15) is 41.3 Å². The summed E-state index contributed by atoms with van der Waals surface area (Å²) < 4.78 is 11.3. The van der Waals surface area contributed by atoms with Gasteiger partial charge in [-0.1, -0.05) is 13.0 Å². The number of carbonyl (C=O) groups excluding carboxylic acids is 3. The van der Waals surface area contributed by atoms with Crippen molar-refractivity contribution >= 4 is 23.2 Å². The van der Waals surface area contributed by atoms with Crippen molar-refractivity contribution < 1.29 is 33.8 Å². The minimum absolute atomic E-state index is 0.0646. The van der Waals surface area contributed by atoms with E-state index in [2.05, 4.69) is 10.6 Å². The lowest BCUT2D eigenvalue weighted by molar-refractivity contribution is -0.150. The maximum absolute atomic E-state index is 12.8. The first kappa shape index (κ1) is 23.5. The first-order chi connectivity index (χ1) is 16.7. The van der Waals surface area contributed by atoms with Crippen LogP contribution in [0.5, 0.6) is 5.75 Å². The molecule has 1 aromatic carbocycles. The van der Waals surface area contributed by atoms with E-state index in [9.17, 15) is 24.6 Å². The molecule has 0 radical (unpaired) electrons. The Bertz CT molecular complexity index is 1170. The van der Waals surface area contributed by atoms with Gasteiger partial charge in [0.05, 0.1) is 36.6 Å². The molecule has 3 heterocycles. The van der Waals surface area contributed by atoms with Crippen LogP contribution in [0.3, 0.4) is 0 Å². The molecule has 10 nitrogen and oxygen atoms in total. The van der Waals surface area contributed by atoms with Crippen LogP contribution < -0.4 is 10.6 Å². The van der Waals surface area contributed by atoms with Gasteiger partial charge in [-0.25, -0.2) is 0 Å². The van der Waals surface area contributed by atoms with Crippen molar-refractivity contribution in [3.8, 4) is 5.75 Å². The zero-order valence-corrected chi connectivity index (χ0v) is 19.6. The third-order valence-corrected chi connectivity index (χ3v) is 7.12. The molecule has 1 saturated carbocycles. The molecule has 3 fully saturated rings. The molecule has 0 spiro atoms. The first-order valence-electron chi connectivity index (χ1n) is 11.7. The number of anilines is 1. The molecule has 2 aliphatic heterocycles. The summed E-state index contributed by atoms with van der Waals surface area (Å²) in [5, 5.41) is 26.8. The maximum Gasteiger partial charge on any atom is 0.257 e. The second kappa shape index (κ2) is 8.78. The zero-order valence-electron chi connectivity index (χ0n) is 19.6. The smallest absolute Gasteiger partial charge is 0.257 e. The number of benzene rings is 1. The SMILES string of the molecule is Cc1ccc(C(NC2C(=O)C(=O)C2Nc2cccc(C(=O)N3CCC(O)C3)c2O)C2(C)COC2)o1. The Kier molecular flexibility index (Phi) is 5.90. The van der Waals surface area contributed by atoms with E-state index in [0.717, 1.165) is 5.76 Å². The van der Waals surface area contributed by atoms with Gasteiger partial charge in [-0.2, -0.15) is 0 Å². The number of hydrogen-bond donors (Lipinski definition) is 4. The minimum atomic E-state index is -0.921. The van der Waals surface area contributed by atoms with Gasteiger partial charge < -0.3 is 29.6 Å². The molecule has 10 heteroatoms. The number of β-amino-alcohol motifs (C(OH)–C–C–N with tert-alkyl or cyclic N) is 1. The Balaban J connectivity index is 1.36. The number of Topliss-reactive ketones (excluding diaryl/α,β-unsaturated/α-hetero) is 2. The Morgan fingerprint density at radius 2 is 1.91 bits per heavy atom. The van der Waals surface area contributed by atoms with Crippen LogP contribution >= 0.6 is 0 Å². The van der Waals surface area contributed by atoms with Crippen LogP contribution in [0.2, 0.25) is 0 Å². The molecular formula is C25H29N3O7. The number of aliphatic hydroxyl groups excluding tert-OH is 1. The van der Waals surface area contributed by atoms with Gasteiger partial charge in [-0.05, 0) is 37.6 Å². The third kappa shape index (κ3) is 4.11. The number of furan rings is 1. The third-order valence-electron chi connectivity index (χ3n) is 7.12. The summed E-state index contributed by atoms with van der Waals surface area (Å²) in [6, 6.07) is 6.20. The fourth-order valence-corrected chi connectivity index (χ4v) is 4.94. The summed E-state index contributed by atoms with van der Waals surface area (Å²) >= 11 is 0. The van der Waals surface area contributed by atoms with Crippen molar-refractivity contribution in [2.45, 2.75) is 44.5 Å². The number of aliphatic hydroxyl groups is 1. The fraction of sp³-hybridized carbons (Fsp3) is 0.480. The zero-order chi connectivity index (χ0) is 24.9. The monoisotopic (exact) mass is 483 g/mol. The number of likely N-dealkylation sites (tertiary alicyclic amines) is 1. The average molecular weight is 484 g/mol. The highest BCUT2D eigenvalue weighted by molar-refractivity contribution is 6.49. The largest absolute Gasteiger partial charge is 0.505 e. The molecule has 1 amide bonds. The van der Waals surface area contributed by atoms with Crippen LogP contribution in [0.25, 0.3) is 0 Å². The van der Waals surface area contributed by atoms with E-state index in [0.29, 0.717) is 31.9 Å². The van der Waals surface area contributed by atoms with Crippen molar-refractivity contribution in [1.82, 2.24) is 10.2 Å². The summed E-state index contributed by atoms with van der Waals surface area (Å²) in [6.07, 6.45) is -0.0989. The van der Waals surface area contributed by atoms with Crippen LogP contribution in [0, 0.1) is 12.3 Å². The molecule has 5 rings (SSSR count). The Hall–Kier alpha value is -3.21. The molecule has 2 saturated heterocycles. The number of nitrogens with one attached hydrogen (secondary N) is 2. The van der Waals surface area contributed by atoms with Gasteiger partial charge in [0, 0.05) is 18.5 Å². The van der Waals surface area contributed by atoms with E-state index in [4.69, 9.17) is 9.15 Å². The number of hydrogen-bond acceptors (Lipinski definition) is 9. The summed E-state index contributed by atoms with van der Waals surface area (Å²) in [5.74, 6) is -0.481. The lowest BCUT2D eigenvalue weighted by Gasteiger charge is -2.47. The summed E-state index contributed by atoms with van der Waals surface area (Å²) in [4.78, 5) is 39.4. The number of aryl methyl sites for hydroxylation is 1. The lowest BCUT2D eigenvalue weighted by Crippen LogP contribution is -2.69. The quantitative estimate of drug-likeness (QED) is 0.337. The topological polar surface area (TPSA) is 141 Å². The van der Waals surface area contributed by atoms with Gasteiger partial charge in [0.15, 0.2) is 5.75 Å². The number of rotatable bonds is 7. The van der Waals surface area contributed by atoms with Crippen molar-refractivity contribution in [3.05, 3.63) is 47.4 Å². The summed E-state index contributed by atoms with van der Waals surface area (Å²) in [7, 11) is 0. The number of aromatic hydroxyl groups is 1. The van der Waals surface area contributed by atoms with Crippen molar-refractivity contribution in [2.75, 3.05) is 31.6 Å². The standard InChI is InChI=1S/C25H29N3O7/c1-13-6-7-17(35-13)23(25(2)11-34-12-25)27-19-18(21(31)22(19)32)26-16-5-3-4-15(20(16)30)24(33)28-9-8-14(29)10-28/h3-7,14,18-19,23,26-27,29-30H,8-12H2,1-2H3. The Morgan fingerprint density at radius 1 is 1.17 bits per heavy atom. The number of amides is 1. The highest BCUT2D eigenvalue weighted by atomic mass is 16.5. The van der Waals surface area contributed by atoms with Crippen molar-refractivity contribution in [2.24, 2.45) is 5.41 Å². The minimum Gasteiger partial charge on any atom is -0.505 e. The van der Waals surface area contributed by atoms with Crippen LogP contribution in [0.15, 0.2) is 34.7 Å². The molecule has 186 valence electrons. The number of phenolic OH excluding ortho intramolecular Hbond substituents is 1. The van der Waals surface area contributed by atoms with Gasteiger partial charge in [0.1, 0.15) is 23.6 Å². The molecule has 4 atom stereocenters. The molecule has 35 heavy (non-hydrogen) atoms. The lowest BCUT2D eigenvalue weighted by atomic mass is 9.76. The Labute approximate surface area is 202 Å². The van der Waals surface area contributed by atoms with Crippen molar-refractivity contribution in [1.29, 1.82) is 0 Å². The molecule has 0 bridgehead atoms. The molecule has 1 aliphatic carbocycles. The maximum atomic E-state index is 12.8. The molecular weight excluding hydrogens is 454 g/mol. The summed E-state index contributed by atoms with van der Waals surface area (Å²) in [5.41, 5.74) is -0.0747. The van der Waals surface area contributed by atoms with Crippen molar-refractivity contribution in [3.63, 3.8) is 0 Å². The van der Waals surface area contributed by atoms with Gasteiger partial charge in [-0.3, -0.25) is 19.7 Å². The normalized spacial score (nSPS) is 26.3. The van der Waals surface area contributed by atoms with E-state index in [1.54, 1.807) is 12.1 Å². The highest BCUT2D eigenvalue weighted by Gasteiger charge is 2.53. The van der Waals surface area contributed by atoms with Gasteiger partial charge in [0.2, 0.25) is 11.6 Å². The van der Waals surface area contributed by atoms with Gasteiger partial charge in [0.25, 0.3) is 5.91 Å². The first-order valence-corrected chi connectivity index (χ1v) is 11.7. The number of para-hydroxylation sites is 1. The Morgan fingerprint density at radius 3 is 2.51 bits per heavy atom. The highest BCUT2D eigenvalue weighted by Crippen LogP contribution is 2.42. The number of nitrogens with zero attached hydrogens (tertiary/aromatic N) is 1.